The van der Waals surface area contributed by atoms with Crippen LogP contribution in [0.15, 0.2) is 24.3 Å². The Morgan fingerprint density at radius 3 is 2.40 bits per heavy atom. The van der Waals surface area contributed by atoms with Gasteiger partial charge in [-0.3, -0.25) is 10.1 Å². The van der Waals surface area contributed by atoms with Crippen LogP contribution in [0.3, 0.4) is 0 Å². The van der Waals surface area contributed by atoms with Crippen LogP contribution in [0.1, 0.15) is 0 Å². The summed E-state index contributed by atoms with van der Waals surface area (Å²) in [5.74, 6) is 0. The number of aliphatic hydroxyl groups is 1. The van der Waals surface area contributed by atoms with Crippen LogP contribution in [0.4, 0.5) is 0 Å². The van der Waals surface area contributed by atoms with Crippen molar-refractivity contribution in [2.75, 3.05) is 0 Å². The molecular weight excluding hydrogens is 134 g/mol. The van der Waals surface area contributed by atoms with E-state index in [0.717, 1.165) is 12.5 Å². The van der Waals surface area contributed by atoms with Gasteiger partial charge in [0.25, 0.3) is 0 Å². The molecule has 4 heteroatoms. The first-order chi connectivity index (χ1) is 4.65. The Labute approximate surface area is 57.6 Å². The van der Waals surface area contributed by atoms with E-state index in [1.165, 1.54) is 12.2 Å². The Morgan fingerprint density at radius 1 is 1.40 bits per heavy atom. The fraction of sp³-hybridized carbons (Fsp3) is 0.167. The average Bonchev–Trinajstić information content (AvgIpc) is 1.89. The van der Waals surface area contributed by atoms with Gasteiger partial charge in [0.15, 0.2) is 0 Å². The highest BCUT2D eigenvalue weighted by atomic mass is 16.7. The summed E-state index contributed by atoms with van der Waals surface area (Å²) in [6, 6.07) is 0. The molecule has 0 amide bonds. The molecule has 4 nitrogen and oxygen atoms in total. The molecule has 1 radical (unpaired) electrons. The minimum atomic E-state index is -1.99. The summed E-state index contributed by atoms with van der Waals surface area (Å²) in [4.78, 5) is 9.36. The van der Waals surface area contributed by atoms with E-state index in [-0.39, 0.29) is 0 Å². The van der Waals surface area contributed by atoms with E-state index in [1.54, 1.807) is 6.08 Å². The maximum atomic E-state index is 10.1. The second-order valence-corrected chi connectivity index (χ2v) is 1.95. The van der Waals surface area contributed by atoms with E-state index in [0.29, 0.717) is 0 Å². The third-order valence-electron chi connectivity index (χ3n) is 1.20. The quantitative estimate of drug-likeness (QED) is 0.323. The third-order valence-corrected chi connectivity index (χ3v) is 1.20. The fourth-order valence-corrected chi connectivity index (χ4v) is 0.636. The molecular formula is C6H6NO3. The normalized spacial score (nSPS) is 30.5. The largest absolute Gasteiger partial charge is 0.349 e. The molecule has 0 aliphatic heterocycles. The lowest BCUT2D eigenvalue weighted by molar-refractivity contribution is -0.595. The van der Waals surface area contributed by atoms with Gasteiger partial charge in [-0.1, -0.05) is 18.2 Å². The molecule has 1 atom stereocenters. The van der Waals surface area contributed by atoms with Crippen LogP contribution in [-0.2, 0) is 0 Å². The standard InChI is InChI=1S/C6H6NO3/c8-6(7(9)10)4-2-1-3-5-6/h1-5,8H. The van der Waals surface area contributed by atoms with Crippen molar-refractivity contribution in [3.63, 3.8) is 0 Å². The number of hydrogen-bond acceptors (Lipinski definition) is 3. The van der Waals surface area contributed by atoms with Crippen LogP contribution < -0.4 is 0 Å². The highest BCUT2D eigenvalue weighted by molar-refractivity contribution is 5.22. The van der Waals surface area contributed by atoms with Crippen molar-refractivity contribution in [3.8, 4) is 0 Å². The lowest BCUT2D eigenvalue weighted by atomic mass is 10.1. The van der Waals surface area contributed by atoms with Gasteiger partial charge in [0.05, 0.1) is 11.3 Å². The summed E-state index contributed by atoms with van der Waals surface area (Å²) < 4.78 is 0. The second kappa shape index (κ2) is 2.22. The van der Waals surface area contributed by atoms with Crippen LogP contribution in [-0.4, -0.2) is 15.8 Å². The minimum Gasteiger partial charge on any atom is -0.327 e. The van der Waals surface area contributed by atoms with E-state index < -0.39 is 10.6 Å². The maximum absolute atomic E-state index is 10.1. The molecule has 1 unspecified atom stereocenters. The second-order valence-electron chi connectivity index (χ2n) is 1.95. The van der Waals surface area contributed by atoms with E-state index in [9.17, 15) is 10.1 Å². The number of nitro groups is 1. The molecule has 0 saturated carbocycles. The molecule has 0 spiro atoms. The molecule has 0 aromatic carbocycles. The summed E-state index contributed by atoms with van der Waals surface area (Å²) in [7, 11) is 0. The van der Waals surface area contributed by atoms with Crippen molar-refractivity contribution >= 4 is 0 Å². The third kappa shape index (κ3) is 1.06. The van der Waals surface area contributed by atoms with Gasteiger partial charge in [-0.05, 0) is 0 Å². The first-order valence-corrected chi connectivity index (χ1v) is 2.72. The summed E-state index contributed by atoms with van der Waals surface area (Å²) >= 11 is 0. The van der Waals surface area contributed by atoms with E-state index >= 15 is 0 Å². The van der Waals surface area contributed by atoms with Crippen molar-refractivity contribution in [3.05, 3.63) is 40.8 Å². The summed E-state index contributed by atoms with van der Waals surface area (Å²) in [5, 5.41) is 19.2. The van der Waals surface area contributed by atoms with Gasteiger partial charge < -0.3 is 5.11 Å². The van der Waals surface area contributed by atoms with Crippen LogP contribution in [0.2, 0.25) is 0 Å². The Morgan fingerprint density at radius 2 is 2.10 bits per heavy atom. The van der Waals surface area contributed by atoms with Gasteiger partial charge in [-0.2, -0.15) is 0 Å². The summed E-state index contributed by atoms with van der Waals surface area (Å²) in [6.45, 7) is 0. The number of allylic oxidation sites excluding steroid dienone is 2. The topological polar surface area (TPSA) is 63.4 Å². The van der Waals surface area contributed by atoms with Crippen LogP contribution in [0, 0.1) is 16.5 Å². The average molecular weight is 140 g/mol. The summed E-state index contributed by atoms with van der Waals surface area (Å²) in [5.41, 5.74) is -1.99. The lowest BCUT2D eigenvalue weighted by Gasteiger charge is -2.13. The first kappa shape index (κ1) is 6.95. The molecule has 0 fully saturated rings. The number of rotatable bonds is 1. The van der Waals surface area contributed by atoms with Gasteiger partial charge in [0.2, 0.25) is 0 Å². The molecule has 0 aromatic heterocycles. The molecule has 1 N–H and O–H groups in total. The van der Waals surface area contributed by atoms with E-state index in [1.807, 2.05) is 0 Å². The van der Waals surface area contributed by atoms with Gasteiger partial charge in [0, 0.05) is 6.08 Å². The summed E-state index contributed by atoms with van der Waals surface area (Å²) in [6.07, 6.45) is 6.71. The molecule has 0 aromatic rings. The van der Waals surface area contributed by atoms with Crippen molar-refractivity contribution in [2.24, 2.45) is 0 Å². The zero-order valence-electron chi connectivity index (χ0n) is 5.10. The molecule has 1 rings (SSSR count). The SMILES string of the molecule is O=[N+]([O-])C1(O)[CH]C=CC=C1. The zero-order chi connectivity index (χ0) is 7.61. The monoisotopic (exact) mass is 140 g/mol. The highest BCUT2D eigenvalue weighted by Gasteiger charge is 2.36. The molecule has 0 heterocycles. The predicted octanol–water partition coefficient (Wildman–Crippen LogP) is 0.282. The first-order valence-electron chi connectivity index (χ1n) is 2.72. The Bertz CT molecular complexity index is 209. The molecule has 0 bridgehead atoms. The highest BCUT2D eigenvalue weighted by Crippen LogP contribution is 2.15. The van der Waals surface area contributed by atoms with Gasteiger partial charge in [-0.25, -0.2) is 0 Å². The number of nitrogens with zero attached hydrogens (tertiary/aromatic N) is 1. The molecule has 53 valence electrons. The van der Waals surface area contributed by atoms with Gasteiger partial charge in [0.1, 0.15) is 0 Å². The predicted molar refractivity (Wildman–Crippen MR) is 34.5 cm³/mol. The minimum absolute atomic E-state index is 0.757. The fourth-order valence-electron chi connectivity index (χ4n) is 0.636. The van der Waals surface area contributed by atoms with Crippen molar-refractivity contribution in [1.29, 1.82) is 0 Å². The Hall–Kier alpha value is -1.16. The van der Waals surface area contributed by atoms with Crippen molar-refractivity contribution < 1.29 is 10.0 Å². The maximum Gasteiger partial charge on any atom is 0.349 e. The molecule has 0 saturated heterocycles. The van der Waals surface area contributed by atoms with Crippen LogP contribution in [0.5, 0.6) is 0 Å². The molecule has 1 aliphatic carbocycles. The zero-order valence-corrected chi connectivity index (χ0v) is 5.10. The van der Waals surface area contributed by atoms with Crippen molar-refractivity contribution in [2.45, 2.75) is 5.72 Å². The Balaban J connectivity index is 2.80. The van der Waals surface area contributed by atoms with Gasteiger partial charge in [-0.15, -0.1) is 0 Å². The van der Waals surface area contributed by atoms with Crippen LogP contribution in [0.25, 0.3) is 0 Å². The van der Waals surface area contributed by atoms with Gasteiger partial charge >= 0.3 is 5.72 Å². The number of hydrogen-bond donors (Lipinski definition) is 1. The Kier molecular flexibility index (Phi) is 1.55. The lowest BCUT2D eigenvalue weighted by Crippen LogP contribution is -2.36. The van der Waals surface area contributed by atoms with Crippen LogP contribution >= 0.6 is 0 Å². The van der Waals surface area contributed by atoms with E-state index in [2.05, 4.69) is 0 Å². The van der Waals surface area contributed by atoms with Crippen molar-refractivity contribution in [1.82, 2.24) is 0 Å². The molecule has 10 heavy (non-hydrogen) atoms. The van der Waals surface area contributed by atoms with E-state index in [4.69, 9.17) is 5.11 Å². The molecule has 1 aliphatic rings. The smallest absolute Gasteiger partial charge is 0.327 e.